The van der Waals surface area contributed by atoms with Crippen LogP contribution in [0.4, 0.5) is 0 Å². The minimum Gasteiger partial charge on any atom is -0.356 e. The smallest absolute Gasteiger partial charge is 0.356 e. The van der Waals surface area contributed by atoms with Gasteiger partial charge in [-0.05, 0) is 13.8 Å². The molecule has 0 atom stereocenters. The molecule has 0 aromatic heterocycles. The second kappa shape index (κ2) is 8.94. The zero-order chi connectivity index (χ0) is 11.6. The summed E-state index contributed by atoms with van der Waals surface area (Å²) in [6.07, 6.45) is 0.755. The lowest BCUT2D eigenvalue weighted by Crippen LogP contribution is -2.03. The van der Waals surface area contributed by atoms with E-state index in [1.165, 1.54) is 0 Å². The van der Waals surface area contributed by atoms with Crippen LogP contribution in [0.15, 0.2) is 0 Å². The van der Waals surface area contributed by atoms with Gasteiger partial charge in [0, 0.05) is 6.42 Å². The number of hydrogen-bond acceptors (Lipinski definition) is 4. The lowest BCUT2D eigenvalue weighted by molar-refractivity contribution is 0.152. The normalized spacial score (nSPS) is 10.9. The molecule has 5 heteroatoms. The van der Waals surface area contributed by atoms with E-state index in [2.05, 4.69) is 11.8 Å². The van der Waals surface area contributed by atoms with E-state index in [-0.39, 0.29) is 13.0 Å². The third kappa shape index (κ3) is 7.58. The second-order valence-corrected chi connectivity index (χ2v) is 4.63. The van der Waals surface area contributed by atoms with Crippen LogP contribution in [0.5, 0.6) is 0 Å². The van der Waals surface area contributed by atoms with Crippen molar-refractivity contribution in [2.75, 3.05) is 26.2 Å². The summed E-state index contributed by atoms with van der Waals surface area (Å²) >= 11 is 0. The fraction of sp³-hybridized carbons (Fsp3) is 0.800. The Balaban J connectivity index is 3.90. The molecule has 0 aliphatic carbocycles. The van der Waals surface area contributed by atoms with Crippen molar-refractivity contribution in [3.63, 3.8) is 0 Å². The van der Waals surface area contributed by atoms with E-state index < -0.39 is 7.60 Å². The molecular formula is C10H19O4P. The maximum absolute atomic E-state index is 11.8. The van der Waals surface area contributed by atoms with Gasteiger partial charge in [0.1, 0.15) is 13.0 Å². The first-order chi connectivity index (χ1) is 7.18. The van der Waals surface area contributed by atoms with Crippen LogP contribution in [0.3, 0.4) is 0 Å². The predicted molar refractivity (Wildman–Crippen MR) is 59.7 cm³/mol. The Morgan fingerprint density at radius 2 is 1.67 bits per heavy atom. The maximum atomic E-state index is 11.8. The molecule has 0 fully saturated rings. The van der Waals surface area contributed by atoms with Crippen molar-refractivity contribution in [1.29, 1.82) is 0 Å². The summed E-state index contributed by atoms with van der Waals surface area (Å²) in [5.74, 6) is 5.64. The van der Waals surface area contributed by atoms with E-state index in [9.17, 15) is 4.57 Å². The molecule has 0 heterocycles. The fourth-order valence-electron chi connectivity index (χ4n) is 0.890. The Morgan fingerprint density at radius 3 is 2.13 bits per heavy atom. The number of ether oxygens (including phenoxy) is 1. The topological polar surface area (TPSA) is 44.8 Å². The molecule has 0 spiro atoms. The highest BCUT2D eigenvalue weighted by Crippen LogP contribution is 2.47. The highest BCUT2D eigenvalue weighted by Gasteiger charge is 2.23. The zero-order valence-electron chi connectivity index (χ0n) is 9.62. The Labute approximate surface area is 91.8 Å². The zero-order valence-corrected chi connectivity index (χ0v) is 10.5. The maximum Gasteiger partial charge on any atom is 0.356 e. The average molecular weight is 234 g/mol. The largest absolute Gasteiger partial charge is 0.356 e. The summed E-state index contributed by atoms with van der Waals surface area (Å²) in [5.41, 5.74) is 0. The van der Waals surface area contributed by atoms with Gasteiger partial charge < -0.3 is 13.8 Å². The fourth-order valence-corrected chi connectivity index (χ4v) is 2.21. The van der Waals surface area contributed by atoms with Crippen LogP contribution in [-0.2, 0) is 18.3 Å². The summed E-state index contributed by atoms with van der Waals surface area (Å²) in [7, 11) is -3.06. The molecule has 0 saturated heterocycles. The van der Waals surface area contributed by atoms with Gasteiger partial charge in [-0.2, -0.15) is 0 Å². The van der Waals surface area contributed by atoms with Gasteiger partial charge in [0.25, 0.3) is 0 Å². The van der Waals surface area contributed by atoms with E-state index in [1.54, 1.807) is 13.8 Å². The minimum absolute atomic E-state index is 0.0346. The van der Waals surface area contributed by atoms with Gasteiger partial charge in [0.15, 0.2) is 0 Å². The van der Waals surface area contributed by atoms with Gasteiger partial charge in [-0.15, -0.1) is 5.92 Å². The first-order valence-corrected chi connectivity index (χ1v) is 6.82. The Morgan fingerprint density at radius 1 is 1.07 bits per heavy atom. The van der Waals surface area contributed by atoms with Gasteiger partial charge in [-0.25, -0.2) is 0 Å². The summed E-state index contributed by atoms with van der Waals surface area (Å²) in [6.45, 7) is 6.45. The van der Waals surface area contributed by atoms with Crippen molar-refractivity contribution in [3.05, 3.63) is 0 Å². The lowest BCUT2D eigenvalue weighted by Gasteiger charge is -2.15. The quantitative estimate of drug-likeness (QED) is 0.386. The van der Waals surface area contributed by atoms with Gasteiger partial charge >= 0.3 is 7.60 Å². The molecule has 0 unspecified atom stereocenters. The van der Waals surface area contributed by atoms with Gasteiger partial charge in [-0.1, -0.05) is 12.8 Å². The van der Waals surface area contributed by atoms with E-state index in [0.29, 0.717) is 13.2 Å². The Hall–Kier alpha value is -0.330. The first kappa shape index (κ1) is 14.7. The molecule has 0 aliphatic heterocycles. The van der Waals surface area contributed by atoms with Gasteiger partial charge in [-0.3, -0.25) is 4.57 Å². The van der Waals surface area contributed by atoms with Crippen LogP contribution in [0.1, 0.15) is 27.2 Å². The first-order valence-electron chi connectivity index (χ1n) is 5.10. The molecule has 0 saturated carbocycles. The lowest BCUT2D eigenvalue weighted by atomic mass is 10.5. The molecule has 0 rings (SSSR count). The Bertz CT molecular complexity index is 244. The third-order valence-electron chi connectivity index (χ3n) is 1.38. The molecule has 4 nitrogen and oxygen atoms in total. The molecule has 0 N–H and O–H groups in total. The third-order valence-corrected chi connectivity index (χ3v) is 3.18. The monoisotopic (exact) mass is 234 g/mol. The summed E-state index contributed by atoms with van der Waals surface area (Å²) < 4.78 is 27.0. The SMILES string of the molecule is CCC#CCOCP(=O)(OCC)OCC. The Kier molecular flexibility index (Phi) is 8.74. The van der Waals surface area contributed by atoms with E-state index in [0.717, 1.165) is 6.42 Å². The van der Waals surface area contributed by atoms with Crippen LogP contribution >= 0.6 is 7.60 Å². The summed E-state index contributed by atoms with van der Waals surface area (Å²) in [6, 6.07) is 0. The molecule has 15 heavy (non-hydrogen) atoms. The number of rotatable bonds is 7. The molecule has 0 bridgehead atoms. The standard InChI is InChI=1S/C10H19O4P/c1-4-7-8-9-12-10-15(11,13-5-2)14-6-3/h4-6,9-10H2,1-3H3. The number of hydrogen-bond donors (Lipinski definition) is 0. The van der Waals surface area contributed by atoms with E-state index in [1.807, 2.05) is 6.92 Å². The van der Waals surface area contributed by atoms with Gasteiger partial charge in [0.2, 0.25) is 0 Å². The van der Waals surface area contributed by atoms with Gasteiger partial charge in [0.05, 0.1) is 13.2 Å². The van der Waals surface area contributed by atoms with Crippen molar-refractivity contribution in [1.82, 2.24) is 0 Å². The van der Waals surface area contributed by atoms with Crippen molar-refractivity contribution in [2.24, 2.45) is 0 Å². The average Bonchev–Trinajstić information content (AvgIpc) is 2.18. The van der Waals surface area contributed by atoms with Crippen LogP contribution in [0.25, 0.3) is 0 Å². The molecule has 0 aromatic carbocycles. The molecular weight excluding hydrogens is 215 g/mol. The second-order valence-electron chi connectivity index (χ2n) is 2.63. The summed E-state index contributed by atoms with van der Waals surface area (Å²) in [4.78, 5) is 0. The van der Waals surface area contributed by atoms with Crippen molar-refractivity contribution >= 4 is 7.60 Å². The van der Waals surface area contributed by atoms with Crippen LogP contribution in [0.2, 0.25) is 0 Å². The minimum atomic E-state index is -3.06. The van der Waals surface area contributed by atoms with Crippen LogP contribution < -0.4 is 0 Å². The van der Waals surface area contributed by atoms with Crippen molar-refractivity contribution in [2.45, 2.75) is 27.2 Å². The van der Waals surface area contributed by atoms with Crippen LogP contribution in [0, 0.1) is 11.8 Å². The van der Waals surface area contributed by atoms with Crippen molar-refractivity contribution in [3.8, 4) is 11.8 Å². The molecule has 88 valence electrons. The highest BCUT2D eigenvalue weighted by molar-refractivity contribution is 7.53. The molecule has 0 amide bonds. The molecule has 0 aromatic rings. The van der Waals surface area contributed by atoms with E-state index in [4.69, 9.17) is 13.8 Å². The highest BCUT2D eigenvalue weighted by atomic mass is 31.2. The molecule has 0 aliphatic rings. The summed E-state index contributed by atoms with van der Waals surface area (Å²) in [5, 5.41) is 0. The predicted octanol–water partition coefficient (Wildman–Crippen LogP) is 2.64. The van der Waals surface area contributed by atoms with Crippen molar-refractivity contribution < 1.29 is 18.3 Å². The van der Waals surface area contributed by atoms with Crippen LogP contribution in [-0.4, -0.2) is 26.2 Å². The van der Waals surface area contributed by atoms with E-state index >= 15 is 0 Å². The molecule has 0 radical (unpaired) electrons.